The molecule has 0 aromatic carbocycles. The number of carbonyl (C=O) groups is 3. The van der Waals surface area contributed by atoms with Gasteiger partial charge in [-0.05, 0) is 52.9 Å². The monoisotopic (exact) mass is 365 g/mol. The predicted octanol–water partition coefficient (Wildman–Crippen LogP) is 2.07. The fourth-order valence-electron chi connectivity index (χ4n) is 3.20. The number of nitrogens with one attached hydrogen (secondary N) is 1. The molecule has 146 valence electrons. The first kappa shape index (κ1) is 20.3. The van der Waals surface area contributed by atoms with Crippen molar-refractivity contribution in [1.29, 1.82) is 0 Å². The number of allylic oxidation sites excluding steroid dienone is 1. The van der Waals surface area contributed by atoms with E-state index in [0.29, 0.717) is 26.2 Å². The Bertz CT molecular complexity index is 558. The first-order chi connectivity index (χ1) is 12.2. The van der Waals surface area contributed by atoms with Crippen LogP contribution in [0.5, 0.6) is 0 Å². The molecule has 0 bridgehead atoms. The van der Waals surface area contributed by atoms with E-state index >= 15 is 0 Å². The van der Waals surface area contributed by atoms with E-state index in [1.165, 1.54) is 18.4 Å². The molecule has 3 amide bonds. The van der Waals surface area contributed by atoms with Gasteiger partial charge in [0.2, 0.25) is 11.8 Å². The lowest BCUT2D eigenvalue weighted by Crippen LogP contribution is -2.43. The van der Waals surface area contributed by atoms with Crippen LogP contribution in [0.15, 0.2) is 11.6 Å². The van der Waals surface area contributed by atoms with E-state index < -0.39 is 11.7 Å². The van der Waals surface area contributed by atoms with Crippen LogP contribution in [0.2, 0.25) is 0 Å². The minimum absolute atomic E-state index is 0.0584. The molecule has 2 aliphatic rings. The van der Waals surface area contributed by atoms with Gasteiger partial charge in [0.15, 0.2) is 0 Å². The Morgan fingerprint density at radius 3 is 2.27 bits per heavy atom. The van der Waals surface area contributed by atoms with E-state index in [2.05, 4.69) is 5.32 Å². The Balaban J connectivity index is 1.78. The van der Waals surface area contributed by atoms with Crippen molar-refractivity contribution in [3.05, 3.63) is 11.6 Å². The van der Waals surface area contributed by atoms with Crippen molar-refractivity contribution in [3.8, 4) is 0 Å². The van der Waals surface area contributed by atoms with Gasteiger partial charge in [-0.3, -0.25) is 9.59 Å². The molecule has 1 aliphatic heterocycles. The summed E-state index contributed by atoms with van der Waals surface area (Å²) in [5.74, 6) is -0.0950. The van der Waals surface area contributed by atoms with Gasteiger partial charge in [-0.2, -0.15) is 0 Å². The Morgan fingerprint density at radius 1 is 1.00 bits per heavy atom. The average molecular weight is 365 g/mol. The maximum atomic E-state index is 12.4. The van der Waals surface area contributed by atoms with Crippen molar-refractivity contribution < 1.29 is 19.1 Å². The lowest BCUT2D eigenvalue weighted by atomic mass is 10.2. The number of nitrogens with zero attached hydrogens (tertiary/aromatic N) is 2. The standard InChI is InChI=1S/C19H31N3O4/c1-19(2,3)26-18(25)20-14-17(24)22-10-6-9-21(11-12-22)16(23)13-15-7-4-5-8-15/h13H,4-12,14H2,1-3H3,(H,20,25). The molecule has 0 aromatic rings. The minimum atomic E-state index is -0.597. The molecule has 0 radical (unpaired) electrons. The average Bonchev–Trinajstić information content (AvgIpc) is 2.92. The van der Waals surface area contributed by atoms with Crippen LogP contribution in [-0.2, 0) is 14.3 Å². The molecule has 1 saturated heterocycles. The third-order valence-electron chi connectivity index (χ3n) is 4.52. The van der Waals surface area contributed by atoms with Gasteiger partial charge in [-0.25, -0.2) is 4.79 Å². The van der Waals surface area contributed by atoms with Crippen molar-refractivity contribution in [1.82, 2.24) is 15.1 Å². The second-order valence-electron chi connectivity index (χ2n) is 7.92. The van der Waals surface area contributed by atoms with Crippen LogP contribution in [0, 0.1) is 0 Å². The normalized spacial score (nSPS) is 18.3. The molecule has 0 atom stereocenters. The summed E-state index contributed by atoms with van der Waals surface area (Å²) in [6, 6.07) is 0. The van der Waals surface area contributed by atoms with Gasteiger partial charge < -0.3 is 19.9 Å². The minimum Gasteiger partial charge on any atom is -0.444 e. The summed E-state index contributed by atoms with van der Waals surface area (Å²) < 4.78 is 5.13. The van der Waals surface area contributed by atoms with Gasteiger partial charge in [-0.1, -0.05) is 5.57 Å². The molecule has 0 aromatic heterocycles. The summed E-state index contributed by atoms with van der Waals surface area (Å²) in [5.41, 5.74) is 0.651. The van der Waals surface area contributed by atoms with Crippen LogP contribution in [0.25, 0.3) is 0 Å². The number of amides is 3. The van der Waals surface area contributed by atoms with Crippen molar-refractivity contribution in [3.63, 3.8) is 0 Å². The molecule has 1 aliphatic carbocycles. The zero-order valence-corrected chi connectivity index (χ0v) is 16.2. The van der Waals surface area contributed by atoms with Gasteiger partial charge in [0.1, 0.15) is 12.1 Å². The van der Waals surface area contributed by atoms with Crippen LogP contribution in [0.4, 0.5) is 4.79 Å². The van der Waals surface area contributed by atoms with E-state index in [9.17, 15) is 14.4 Å². The number of hydrogen-bond donors (Lipinski definition) is 1. The second kappa shape index (κ2) is 9.05. The summed E-state index contributed by atoms with van der Waals surface area (Å²) in [4.78, 5) is 39.9. The number of hydrogen-bond acceptors (Lipinski definition) is 4. The third-order valence-corrected chi connectivity index (χ3v) is 4.52. The number of alkyl carbamates (subject to hydrolysis) is 1. The van der Waals surface area contributed by atoms with Crippen molar-refractivity contribution in [2.75, 3.05) is 32.7 Å². The van der Waals surface area contributed by atoms with Crippen LogP contribution >= 0.6 is 0 Å². The van der Waals surface area contributed by atoms with Crippen molar-refractivity contribution >= 4 is 17.9 Å². The van der Waals surface area contributed by atoms with E-state index in [0.717, 1.165) is 19.3 Å². The van der Waals surface area contributed by atoms with Crippen molar-refractivity contribution in [2.45, 2.75) is 58.5 Å². The Kier molecular flexibility index (Phi) is 7.06. The summed E-state index contributed by atoms with van der Waals surface area (Å²) in [5, 5.41) is 2.50. The maximum Gasteiger partial charge on any atom is 0.408 e. The zero-order chi connectivity index (χ0) is 19.2. The first-order valence-electron chi connectivity index (χ1n) is 9.47. The molecule has 7 nitrogen and oxygen atoms in total. The topological polar surface area (TPSA) is 79.0 Å². The van der Waals surface area contributed by atoms with Crippen molar-refractivity contribution in [2.24, 2.45) is 0 Å². The lowest BCUT2D eigenvalue weighted by Gasteiger charge is -2.23. The third kappa shape index (κ3) is 6.69. The highest BCUT2D eigenvalue weighted by Gasteiger charge is 2.23. The van der Waals surface area contributed by atoms with Crippen LogP contribution in [0.3, 0.4) is 0 Å². The number of ether oxygens (including phenoxy) is 1. The molecule has 2 rings (SSSR count). The summed E-state index contributed by atoms with van der Waals surface area (Å²) in [6.07, 6.45) is 6.33. The Morgan fingerprint density at radius 2 is 1.62 bits per heavy atom. The molecule has 1 N–H and O–H groups in total. The molecule has 0 unspecified atom stereocenters. The van der Waals surface area contributed by atoms with Gasteiger partial charge in [0.25, 0.3) is 0 Å². The molecule has 2 fully saturated rings. The molecule has 7 heteroatoms. The highest BCUT2D eigenvalue weighted by molar-refractivity contribution is 5.88. The Labute approximate surface area is 155 Å². The van der Waals surface area contributed by atoms with Crippen LogP contribution in [-0.4, -0.2) is 66.0 Å². The summed E-state index contributed by atoms with van der Waals surface area (Å²) in [7, 11) is 0. The van der Waals surface area contributed by atoms with E-state index in [-0.39, 0.29) is 18.4 Å². The van der Waals surface area contributed by atoms with E-state index in [1.807, 2.05) is 4.90 Å². The number of carbonyl (C=O) groups excluding carboxylic acids is 3. The van der Waals surface area contributed by atoms with Crippen LogP contribution < -0.4 is 5.32 Å². The zero-order valence-electron chi connectivity index (χ0n) is 16.2. The smallest absolute Gasteiger partial charge is 0.408 e. The molecule has 0 spiro atoms. The van der Waals surface area contributed by atoms with Gasteiger partial charge in [0, 0.05) is 32.3 Å². The fourth-order valence-corrected chi connectivity index (χ4v) is 3.20. The van der Waals surface area contributed by atoms with Gasteiger partial charge in [0.05, 0.1) is 0 Å². The number of rotatable bonds is 3. The molecular weight excluding hydrogens is 334 g/mol. The lowest BCUT2D eigenvalue weighted by molar-refractivity contribution is -0.131. The first-order valence-corrected chi connectivity index (χ1v) is 9.47. The predicted molar refractivity (Wildman–Crippen MR) is 98.6 cm³/mol. The van der Waals surface area contributed by atoms with E-state index in [1.54, 1.807) is 31.7 Å². The maximum absolute atomic E-state index is 12.4. The largest absolute Gasteiger partial charge is 0.444 e. The molecular formula is C19H31N3O4. The van der Waals surface area contributed by atoms with Gasteiger partial charge >= 0.3 is 6.09 Å². The molecule has 1 heterocycles. The fraction of sp³-hybridized carbons (Fsp3) is 0.737. The Hall–Kier alpha value is -2.05. The molecule has 26 heavy (non-hydrogen) atoms. The van der Waals surface area contributed by atoms with Gasteiger partial charge in [-0.15, -0.1) is 0 Å². The highest BCUT2D eigenvalue weighted by Crippen LogP contribution is 2.23. The van der Waals surface area contributed by atoms with Crippen LogP contribution in [0.1, 0.15) is 52.9 Å². The SMILES string of the molecule is CC(C)(C)OC(=O)NCC(=O)N1CCCN(C(=O)C=C2CCCC2)CC1. The van der Waals surface area contributed by atoms with E-state index in [4.69, 9.17) is 4.74 Å². The quantitative estimate of drug-likeness (QED) is 0.777. The summed E-state index contributed by atoms with van der Waals surface area (Å²) >= 11 is 0. The molecule has 1 saturated carbocycles. The second-order valence-corrected chi connectivity index (χ2v) is 7.92. The highest BCUT2D eigenvalue weighted by atomic mass is 16.6. The summed E-state index contributed by atoms with van der Waals surface area (Å²) in [6.45, 7) is 7.50.